The third kappa shape index (κ3) is 2.64. The highest BCUT2D eigenvalue weighted by molar-refractivity contribution is 7.84. The van der Waals surface area contributed by atoms with Crippen LogP contribution in [0.4, 0.5) is 0 Å². The summed E-state index contributed by atoms with van der Waals surface area (Å²) in [5.74, 6) is 0.172. The minimum Gasteiger partial charge on any atom is -0.320 e. The van der Waals surface area contributed by atoms with Gasteiger partial charge in [-0.2, -0.15) is 0 Å². The molecule has 0 bridgehead atoms. The predicted octanol–water partition coefficient (Wildman–Crippen LogP) is 1.73. The van der Waals surface area contributed by atoms with Crippen LogP contribution in [0.2, 0.25) is 0 Å². The minimum atomic E-state index is -0.922. The number of aryl methyl sites for hydroxylation is 1. The summed E-state index contributed by atoms with van der Waals surface area (Å²) in [6, 6.07) is 8.28. The Bertz CT molecular complexity index is 580. The molecule has 2 fully saturated rings. The van der Waals surface area contributed by atoms with E-state index in [-0.39, 0.29) is 22.9 Å². The van der Waals surface area contributed by atoms with Gasteiger partial charge in [-0.05, 0) is 32.3 Å². The van der Waals surface area contributed by atoms with Gasteiger partial charge < -0.3 is 4.90 Å². The van der Waals surface area contributed by atoms with Gasteiger partial charge in [-0.3, -0.25) is 14.3 Å². The van der Waals surface area contributed by atoms with Gasteiger partial charge in [0.05, 0.1) is 0 Å². The van der Waals surface area contributed by atoms with Crippen LogP contribution >= 0.6 is 0 Å². The quantitative estimate of drug-likeness (QED) is 0.921. The summed E-state index contributed by atoms with van der Waals surface area (Å²) in [6.45, 7) is 4.53. The third-order valence-corrected chi connectivity index (χ3v) is 5.84. The van der Waals surface area contributed by atoms with Crippen LogP contribution in [0.25, 0.3) is 0 Å². The standard InChI is InChI=1S/C16H22N2O2S/c1-11-4-6-13(7-5-11)14-17-16(8-9-16)15(19)18(14)10-12(2)21(3)20/h4-7,12,14,17H,8-10H2,1-3H3. The number of hydrogen-bond donors (Lipinski definition) is 1. The van der Waals surface area contributed by atoms with E-state index < -0.39 is 10.8 Å². The summed E-state index contributed by atoms with van der Waals surface area (Å²) in [4.78, 5) is 14.5. The Morgan fingerprint density at radius 1 is 1.38 bits per heavy atom. The molecule has 0 aromatic heterocycles. The molecule has 1 amide bonds. The minimum absolute atomic E-state index is 0.0161. The zero-order valence-electron chi connectivity index (χ0n) is 12.8. The van der Waals surface area contributed by atoms with Gasteiger partial charge in [0.15, 0.2) is 0 Å². The Morgan fingerprint density at radius 3 is 2.52 bits per heavy atom. The SMILES string of the molecule is Cc1ccc(C2NC3(CC3)C(=O)N2CC(C)S(C)=O)cc1. The lowest BCUT2D eigenvalue weighted by molar-refractivity contribution is -0.130. The van der Waals surface area contributed by atoms with Crippen molar-refractivity contribution in [1.29, 1.82) is 0 Å². The summed E-state index contributed by atoms with van der Waals surface area (Å²) in [6.07, 6.45) is 3.43. The molecule has 21 heavy (non-hydrogen) atoms. The Morgan fingerprint density at radius 2 is 2.00 bits per heavy atom. The number of rotatable bonds is 4. The second-order valence-corrected chi connectivity index (χ2v) is 8.11. The highest BCUT2D eigenvalue weighted by Gasteiger charge is 2.59. The number of carbonyl (C=O) groups excluding carboxylic acids is 1. The van der Waals surface area contributed by atoms with Gasteiger partial charge in [-0.15, -0.1) is 0 Å². The van der Waals surface area contributed by atoms with Crippen LogP contribution in [-0.4, -0.2) is 38.6 Å². The molecule has 3 unspecified atom stereocenters. The molecule has 114 valence electrons. The van der Waals surface area contributed by atoms with Gasteiger partial charge in [0.1, 0.15) is 11.7 Å². The fourth-order valence-electron chi connectivity index (χ4n) is 2.86. The zero-order chi connectivity index (χ0) is 15.2. The number of amides is 1. The summed E-state index contributed by atoms with van der Waals surface area (Å²) in [5.41, 5.74) is 1.97. The Balaban J connectivity index is 1.87. The van der Waals surface area contributed by atoms with E-state index in [4.69, 9.17) is 0 Å². The van der Waals surface area contributed by atoms with E-state index >= 15 is 0 Å². The topological polar surface area (TPSA) is 49.4 Å². The van der Waals surface area contributed by atoms with Crippen LogP contribution in [0.1, 0.15) is 37.1 Å². The molecular weight excluding hydrogens is 284 g/mol. The molecule has 1 saturated carbocycles. The molecule has 4 nitrogen and oxygen atoms in total. The van der Waals surface area contributed by atoms with Crippen molar-refractivity contribution in [2.24, 2.45) is 0 Å². The van der Waals surface area contributed by atoms with Crippen molar-refractivity contribution in [3.8, 4) is 0 Å². The van der Waals surface area contributed by atoms with E-state index in [1.54, 1.807) is 6.26 Å². The Labute approximate surface area is 128 Å². The number of carbonyl (C=O) groups is 1. The lowest BCUT2D eigenvalue weighted by atomic mass is 10.1. The molecular formula is C16H22N2O2S. The van der Waals surface area contributed by atoms with Crippen molar-refractivity contribution >= 4 is 16.7 Å². The van der Waals surface area contributed by atoms with E-state index in [0.717, 1.165) is 18.4 Å². The lowest BCUT2D eigenvalue weighted by Gasteiger charge is -2.26. The summed E-state index contributed by atoms with van der Waals surface area (Å²) in [5, 5.41) is 3.48. The smallest absolute Gasteiger partial charge is 0.244 e. The van der Waals surface area contributed by atoms with Gasteiger partial charge in [0.2, 0.25) is 5.91 Å². The molecule has 3 atom stereocenters. The Kier molecular flexibility index (Phi) is 3.66. The average Bonchev–Trinajstić information content (AvgIpc) is 3.18. The van der Waals surface area contributed by atoms with E-state index in [0.29, 0.717) is 6.54 Å². The lowest BCUT2D eigenvalue weighted by Crippen LogP contribution is -2.38. The molecule has 0 radical (unpaired) electrons. The number of nitrogens with one attached hydrogen (secondary N) is 1. The van der Waals surface area contributed by atoms with Crippen LogP contribution in [-0.2, 0) is 15.6 Å². The van der Waals surface area contributed by atoms with E-state index in [2.05, 4.69) is 36.5 Å². The van der Waals surface area contributed by atoms with Gasteiger partial charge in [0.25, 0.3) is 0 Å². The monoisotopic (exact) mass is 306 g/mol. The predicted molar refractivity (Wildman–Crippen MR) is 84.3 cm³/mol. The summed E-state index contributed by atoms with van der Waals surface area (Å²) < 4.78 is 11.7. The first-order valence-corrected chi connectivity index (χ1v) is 9.03. The first kappa shape index (κ1) is 14.7. The molecule has 1 aromatic carbocycles. The van der Waals surface area contributed by atoms with E-state index in [1.807, 2.05) is 11.8 Å². The third-order valence-electron chi connectivity index (χ3n) is 4.56. The molecule has 2 aliphatic rings. The number of benzene rings is 1. The maximum atomic E-state index is 12.7. The van der Waals surface area contributed by atoms with E-state index in [1.165, 1.54) is 5.56 Å². The molecule has 1 aliphatic heterocycles. The molecule has 5 heteroatoms. The molecule has 1 N–H and O–H groups in total. The second-order valence-electron chi connectivity index (χ2n) is 6.31. The maximum Gasteiger partial charge on any atom is 0.244 e. The van der Waals surface area contributed by atoms with Crippen molar-refractivity contribution in [3.05, 3.63) is 35.4 Å². The number of nitrogens with zero attached hydrogens (tertiary/aromatic N) is 1. The van der Waals surface area contributed by atoms with Gasteiger partial charge in [-0.1, -0.05) is 29.8 Å². The summed E-state index contributed by atoms with van der Waals surface area (Å²) in [7, 11) is -0.922. The normalized spacial score (nSPS) is 26.1. The fourth-order valence-corrected chi connectivity index (χ4v) is 3.23. The fraction of sp³-hybridized carbons (Fsp3) is 0.562. The highest BCUT2D eigenvalue weighted by Crippen LogP contribution is 2.46. The molecule has 1 heterocycles. The molecule has 1 saturated heterocycles. The van der Waals surface area contributed by atoms with Gasteiger partial charge in [-0.25, -0.2) is 0 Å². The summed E-state index contributed by atoms with van der Waals surface area (Å²) >= 11 is 0. The Hall–Kier alpha value is -1.20. The van der Waals surface area contributed by atoms with Crippen molar-refractivity contribution < 1.29 is 9.00 Å². The highest BCUT2D eigenvalue weighted by atomic mass is 32.2. The maximum absolute atomic E-state index is 12.7. The van der Waals surface area contributed by atoms with Crippen molar-refractivity contribution in [2.45, 2.75) is 43.6 Å². The van der Waals surface area contributed by atoms with Crippen molar-refractivity contribution in [1.82, 2.24) is 10.2 Å². The van der Waals surface area contributed by atoms with Crippen molar-refractivity contribution in [3.63, 3.8) is 0 Å². The number of hydrogen-bond acceptors (Lipinski definition) is 3. The molecule has 1 aliphatic carbocycles. The van der Waals surface area contributed by atoms with Crippen molar-refractivity contribution in [2.75, 3.05) is 12.8 Å². The van der Waals surface area contributed by atoms with Crippen LogP contribution in [0.5, 0.6) is 0 Å². The largest absolute Gasteiger partial charge is 0.320 e. The average molecular weight is 306 g/mol. The molecule has 1 aromatic rings. The van der Waals surface area contributed by atoms with Crippen LogP contribution in [0.15, 0.2) is 24.3 Å². The second kappa shape index (κ2) is 5.21. The van der Waals surface area contributed by atoms with E-state index in [9.17, 15) is 9.00 Å². The molecule has 3 rings (SSSR count). The zero-order valence-corrected chi connectivity index (χ0v) is 13.6. The van der Waals surface area contributed by atoms with Crippen LogP contribution in [0, 0.1) is 6.92 Å². The van der Waals surface area contributed by atoms with Gasteiger partial charge >= 0.3 is 0 Å². The molecule has 1 spiro atoms. The first-order valence-electron chi connectivity index (χ1n) is 7.40. The van der Waals surface area contributed by atoms with Crippen LogP contribution < -0.4 is 5.32 Å². The first-order chi connectivity index (χ1) is 9.93. The van der Waals surface area contributed by atoms with Gasteiger partial charge in [0, 0.05) is 28.9 Å². The van der Waals surface area contributed by atoms with Crippen LogP contribution in [0.3, 0.4) is 0 Å².